The SMILES string of the molecule is Cc1nnc(SCC2=C(C(=O)O)N3C(=O)[C@@H]4[C@H]3[C@@H](CN4C(=O)Nc3ccc(O)cc3)O2)s1. The fourth-order valence-corrected chi connectivity index (χ4v) is 5.82. The number of anilines is 1. The van der Waals surface area contributed by atoms with Crippen LogP contribution in [-0.2, 0) is 14.3 Å². The summed E-state index contributed by atoms with van der Waals surface area (Å²) in [6, 6.07) is 4.12. The van der Waals surface area contributed by atoms with E-state index in [0.717, 1.165) is 5.01 Å². The Morgan fingerprint density at radius 3 is 2.72 bits per heavy atom. The van der Waals surface area contributed by atoms with Crippen LogP contribution in [0.1, 0.15) is 5.01 Å². The Morgan fingerprint density at radius 2 is 2.06 bits per heavy atom. The number of nitrogens with zero attached hydrogens (tertiary/aromatic N) is 4. The lowest BCUT2D eigenvalue weighted by Crippen LogP contribution is -2.70. The van der Waals surface area contributed by atoms with E-state index in [1.165, 1.54) is 57.2 Å². The molecule has 13 heteroatoms. The number of hydrogen-bond donors (Lipinski definition) is 3. The minimum absolute atomic E-state index is 0.0646. The number of aliphatic carboxylic acids is 1. The number of carbonyl (C=O) groups excluding carboxylic acids is 2. The van der Waals surface area contributed by atoms with Crippen molar-refractivity contribution >= 4 is 46.7 Å². The third-order valence-corrected chi connectivity index (χ3v) is 7.39. The number of carbonyl (C=O) groups is 3. The van der Waals surface area contributed by atoms with Gasteiger partial charge in [-0.05, 0) is 31.2 Å². The third kappa shape index (κ3) is 3.33. The van der Waals surface area contributed by atoms with E-state index in [0.29, 0.717) is 10.0 Å². The van der Waals surface area contributed by atoms with Gasteiger partial charge in [0, 0.05) is 5.69 Å². The number of amides is 3. The van der Waals surface area contributed by atoms with Crippen LogP contribution in [0.3, 0.4) is 0 Å². The van der Waals surface area contributed by atoms with Crippen molar-refractivity contribution in [3.8, 4) is 5.75 Å². The van der Waals surface area contributed by atoms with Crippen molar-refractivity contribution < 1.29 is 29.3 Å². The first-order valence-corrected chi connectivity index (χ1v) is 11.4. The highest BCUT2D eigenvalue weighted by atomic mass is 32.2. The molecule has 0 bridgehead atoms. The Hall–Kier alpha value is -3.32. The molecule has 3 aliphatic rings. The van der Waals surface area contributed by atoms with Gasteiger partial charge in [0.1, 0.15) is 34.7 Å². The molecule has 0 radical (unpaired) electrons. The molecule has 0 unspecified atom stereocenters. The zero-order valence-corrected chi connectivity index (χ0v) is 18.2. The van der Waals surface area contributed by atoms with Crippen molar-refractivity contribution in [2.75, 3.05) is 17.6 Å². The summed E-state index contributed by atoms with van der Waals surface area (Å²) in [6.07, 6.45) is -0.530. The number of hydrogen-bond acceptors (Lipinski definition) is 9. The number of phenols is 1. The molecule has 4 heterocycles. The molecule has 1 aromatic carbocycles. The smallest absolute Gasteiger partial charge is 0.356 e. The number of nitrogens with one attached hydrogen (secondary N) is 1. The Labute approximate surface area is 189 Å². The normalized spacial score (nSPS) is 23.5. The van der Waals surface area contributed by atoms with Crippen LogP contribution in [-0.4, -0.2) is 78.6 Å². The average molecular weight is 476 g/mol. The highest BCUT2D eigenvalue weighted by Crippen LogP contribution is 2.44. The fourth-order valence-electron chi connectivity index (χ4n) is 4.07. The predicted molar refractivity (Wildman–Crippen MR) is 113 cm³/mol. The molecular formula is C19H17N5O6S2. The number of carboxylic acid groups (broad SMARTS) is 1. The summed E-state index contributed by atoms with van der Waals surface area (Å²) in [5, 5.41) is 30.6. The van der Waals surface area contributed by atoms with Gasteiger partial charge in [-0.3, -0.25) is 9.69 Å². The predicted octanol–water partition coefficient (Wildman–Crippen LogP) is 1.47. The second-order valence-corrected chi connectivity index (χ2v) is 9.79. The summed E-state index contributed by atoms with van der Waals surface area (Å²) in [7, 11) is 0. The highest BCUT2D eigenvalue weighted by molar-refractivity contribution is 8.01. The van der Waals surface area contributed by atoms with E-state index in [4.69, 9.17) is 4.74 Å². The summed E-state index contributed by atoms with van der Waals surface area (Å²) in [5.41, 5.74) is 0.267. The number of aromatic hydroxyl groups is 1. The number of urea groups is 1. The van der Waals surface area contributed by atoms with Gasteiger partial charge in [0.25, 0.3) is 5.91 Å². The first-order valence-electron chi connectivity index (χ1n) is 9.59. The van der Waals surface area contributed by atoms with E-state index in [9.17, 15) is 24.6 Å². The van der Waals surface area contributed by atoms with E-state index in [1.54, 1.807) is 0 Å². The molecule has 2 saturated heterocycles. The minimum Gasteiger partial charge on any atom is -0.508 e. The summed E-state index contributed by atoms with van der Waals surface area (Å²) < 4.78 is 6.66. The molecule has 3 amide bonds. The van der Waals surface area contributed by atoms with E-state index >= 15 is 0 Å². The van der Waals surface area contributed by atoms with Crippen LogP contribution >= 0.6 is 23.1 Å². The maximum absolute atomic E-state index is 12.9. The van der Waals surface area contributed by atoms with Gasteiger partial charge in [-0.15, -0.1) is 10.2 Å². The lowest BCUT2D eigenvalue weighted by atomic mass is 9.91. The molecule has 2 fully saturated rings. The fraction of sp³-hybridized carbons (Fsp3) is 0.316. The van der Waals surface area contributed by atoms with Gasteiger partial charge < -0.3 is 25.2 Å². The van der Waals surface area contributed by atoms with Crippen molar-refractivity contribution in [1.82, 2.24) is 20.0 Å². The number of β-lactam (4-membered cyclic amide) rings is 1. The second kappa shape index (κ2) is 7.67. The van der Waals surface area contributed by atoms with Crippen LogP contribution < -0.4 is 5.32 Å². The molecule has 0 saturated carbocycles. The van der Waals surface area contributed by atoms with E-state index < -0.39 is 36.1 Å². The molecule has 11 nitrogen and oxygen atoms in total. The van der Waals surface area contributed by atoms with Crippen molar-refractivity contribution in [1.29, 1.82) is 0 Å². The van der Waals surface area contributed by atoms with Gasteiger partial charge in [-0.1, -0.05) is 23.1 Å². The van der Waals surface area contributed by atoms with Gasteiger partial charge in [0.05, 0.1) is 12.3 Å². The molecule has 2 aromatic rings. The average Bonchev–Trinajstić information content (AvgIpc) is 3.34. The molecule has 3 aliphatic heterocycles. The lowest BCUT2D eigenvalue weighted by Gasteiger charge is -2.49. The largest absolute Gasteiger partial charge is 0.508 e. The molecule has 5 rings (SSSR count). The van der Waals surface area contributed by atoms with Gasteiger partial charge >= 0.3 is 12.0 Å². The van der Waals surface area contributed by atoms with Crippen LogP contribution in [0, 0.1) is 6.92 Å². The molecule has 0 spiro atoms. The van der Waals surface area contributed by atoms with Crippen LogP contribution in [0.4, 0.5) is 10.5 Å². The summed E-state index contributed by atoms with van der Waals surface area (Å²) >= 11 is 2.66. The summed E-state index contributed by atoms with van der Waals surface area (Å²) in [5.74, 6) is -1.30. The third-order valence-electron chi connectivity index (χ3n) is 5.42. The molecule has 32 heavy (non-hydrogen) atoms. The van der Waals surface area contributed by atoms with Gasteiger partial charge in [0.15, 0.2) is 10.0 Å². The topological polar surface area (TPSA) is 145 Å². The number of aromatic nitrogens is 2. The minimum atomic E-state index is -1.26. The Bertz CT molecular complexity index is 1150. The lowest BCUT2D eigenvalue weighted by molar-refractivity contribution is -0.160. The number of rotatable bonds is 5. The molecule has 0 aliphatic carbocycles. The monoisotopic (exact) mass is 475 g/mol. The molecule has 3 N–H and O–H groups in total. The number of carboxylic acids is 1. The number of thioether (sulfide) groups is 1. The standard InChI is InChI=1S/C19H17N5O6S2/c1-8-21-22-19(32-8)31-7-12-14(17(27)28)24-13-11(30-12)6-23(15(13)16(24)26)18(29)20-9-2-4-10(25)5-3-9/h2-5,11,13,15,25H,6-7H2,1H3,(H,20,29)(H,27,28)/t11-,13-,15+/m1/s1. The van der Waals surface area contributed by atoms with E-state index in [2.05, 4.69) is 15.5 Å². The van der Waals surface area contributed by atoms with Gasteiger partial charge in [-0.25, -0.2) is 9.59 Å². The van der Waals surface area contributed by atoms with Gasteiger partial charge in [-0.2, -0.15) is 0 Å². The number of ether oxygens (including phenoxy) is 1. The van der Waals surface area contributed by atoms with Crippen molar-refractivity contribution in [2.24, 2.45) is 0 Å². The van der Waals surface area contributed by atoms with Crippen LogP contribution in [0.5, 0.6) is 5.75 Å². The molecular weight excluding hydrogens is 458 g/mol. The number of likely N-dealkylation sites (tertiary alicyclic amines) is 1. The number of benzene rings is 1. The second-order valence-electron chi connectivity index (χ2n) is 7.38. The zero-order chi connectivity index (χ0) is 22.6. The first-order chi connectivity index (χ1) is 15.3. The number of aryl methyl sites for hydroxylation is 1. The molecule has 3 atom stereocenters. The van der Waals surface area contributed by atoms with Crippen molar-refractivity contribution in [2.45, 2.75) is 29.5 Å². The van der Waals surface area contributed by atoms with Crippen LogP contribution in [0.25, 0.3) is 0 Å². The Balaban J connectivity index is 1.34. The maximum atomic E-state index is 12.9. The number of phenolic OH excluding ortho intramolecular Hbond substituents is 1. The quantitative estimate of drug-likeness (QED) is 0.332. The first kappa shape index (κ1) is 20.6. The molecule has 166 valence electrons. The zero-order valence-electron chi connectivity index (χ0n) is 16.6. The summed E-state index contributed by atoms with van der Waals surface area (Å²) in [4.78, 5) is 40.3. The highest BCUT2D eigenvalue weighted by Gasteiger charge is 2.65. The summed E-state index contributed by atoms with van der Waals surface area (Å²) in [6.45, 7) is 1.96. The van der Waals surface area contributed by atoms with Gasteiger partial charge in [0.2, 0.25) is 0 Å². The van der Waals surface area contributed by atoms with Crippen LogP contribution in [0.2, 0.25) is 0 Å². The van der Waals surface area contributed by atoms with Crippen LogP contribution in [0.15, 0.2) is 40.1 Å². The van der Waals surface area contributed by atoms with Crippen molar-refractivity contribution in [3.63, 3.8) is 0 Å². The van der Waals surface area contributed by atoms with E-state index in [-0.39, 0.29) is 29.5 Å². The van der Waals surface area contributed by atoms with Crippen molar-refractivity contribution in [3.05, 3.63) is 40.7 Å². The maximum Gasteiger partial charge on any atom is 0.356 e. The van der Waals surface area contributed by atoms with E-state index in [1.807, 2.05) is 6.92 Å². The Kier molecular flexibility index (Phi) is 4.93. The Morgan fingerprint density at radius 1 is 1.31 bits per heavy atom. The molecule has 1 aromatic heterocycles.